The van der Waals surface area contributed by atoms with Crippen LogP contribution < -0.4 is 0 Å². The molecule has 0 unspecified atom stereocenters. The van der Waals surface area contributed by atoms with Crippen LogP contribution in [0, 0.1) is 11.3 Å². The Morgan fingerprint density at radius 3 is 1.78 bits per heavy atom. The third-order valence-electron chi connectivity index (χ3n) is 2.09. The second-order valence-electron chi connectivity index (χ2n) is 3.17. The number of aldehydes is 1. The molecule has 0 aliphatic heterocycles. The molecule has 0 amide bonds. The molecule has 18 heavy (non-hydrogen) atoms. The zero-order chi connectivity index (χ0) is 14.1. The van der Waals surface area contributed by atoms with E-state index in [1.165, 1.54) is 0 Å². The maximum Gasteiger partial charge on any atom is 0.417 e. The molecule has 2 nitrogen and oxygen atoms in total. The highest BCUT2D eigenvalue weighted by molar-refractivity contribution is 5.83. The van der Waals surface area contributed by atoms with Gasteiger partial charge in [-0.25, -0.2) is 0 Å². The van der Waals surface area contributed by atoms with Gasteiger partial charge in [0.05, 0.1) is 16.7 Å². The van der Waals surface area contributed by atoms with Gasteiger partial charge in [0.1, 0.15) is 6.07 Å². The lowest BCUT2D eigenvalue weighted by molar-refractivity contribution is -0.141. The molecular weight excluding hydrogens is 264 g/mol. The van der Waals surface area contributed by atoms with E-state index >= 15 is 0 Å². The van der Waals surface area contributed by atoms with Gasteiger partial charge in [-0.3, -0.25) is 4.79 Å². The molecular formula is C10H3F6NO. The Balaban J connectivity index is 3.69. The van der Waals surface area contributed by atoms with Gasteiger partial charge in [-0.2, -0.15) is 31.6 Å². The zero-order valence-corrected chi connectivity index (χ0v) is 8.36. The van der Waals surface area contributed by atoms with E-state index in [0.29, 0.717) is 0 Å². The van der Waals surface area contributed by atoms with Crippen LogP contribution in [-0.2, 0) is 12.4 Å². The predicted molar refractivity (Wildman–Crippen MR) is 46.5 cm³/mol. The number of hydrogen-bond acceptors (Lipinski definition) is 2. The molecule has 0 heterocycles. The normalized spacial score (nSPS) is 12.1. The fourth-order valence-corrected chi connectivity index (χ4v) is 1.35. The molecule has 1 rings (SSSR count). The van der Waals surface area contributed by atoms with Crippen molar-refractivity contribution in [3.8, 4) is 6.07 Å². The van der Waals surface area contributed by atoms with E-state index in [2.05, 4.69) is 0 Å². The molecule has 1 aromatic carbocycles. The van der Waals surface area contributed by atoms with Gasteiger partial charge in [0.15, 0.2) is 6.29 Å². The summed E-state index contributed by atoms with van der Waals surface area (Å²) in [5.74, 6) is 0. The Bertz CT molecular complexity index is 523. The van der Waals surface area contributed by atoms with Crippen molar-refractivity contribution in [1.29, 1.82) is 5.26 Å². The summed E-state index contributed by atoms with van der Waals surface area (Å²) in [4.78, 5) is 10.5. The van der Waals surface area contributed by atoms with Crippen molar-refractivity contribution in [2.75, 3.05) is 0 Å². The minimum absolute atomic E-state index is 0.132. The first-order chi connectivity index (χ1) is 8.12. The number of nitrogens with zero attached hydrogens (tertiary/aromatic N) is 1. The van der Waals surface area contributed by atoms with Gasteiger partial charge >= 0.3 is 12.4 Å². The summed E-state index contributed by atoms with van der Waals surface area (Å²) in [6, 6.07) is 1.25. The van der Waals surface area contributed by atoms with E-state index < -0.39 is 40.9 Å². The fourth-order valence-electron chi connectivity index (χ4n) is 1.35. The number of carbonyl (C=O) groups is 1. The first-order valence-electron chi connectivity index (χ1n) is 4.29. The topological polar surface area (TPSA) is 40.9 Å². The second kappa shape index (κ2) is 4.33. The lowest BCUT2D eigenvalue weighted by Crippen LogP contribution is -2.15. The standard InChI is InChI=1S/C10H3F6NO/c11-9(12,13)7-1-2-8(10(14,15)16)6(4-18)5(7)3-17/h1-2,4H. The summed E-state index contributed by atoms with van der Waals surface area (Å²) in [7, 11) is 0. The van der Waals surface area contributed by atoms with E-state index in [-0.39, 0.29) is 12.1 Å². The predicted octanol–water partition coefficient (Wildman–Crippen LogP) is 3.41. The number of benzene rings is 1. The summed E-state index contributed by atoms with van der Waals surface area (Å²) < 4.78 is 74.6. The SMILES string of the molecule is N#Cc1c(C(F)(F)F)ccc(C(F)(F)F)c1C=O. The van der Waals surface area contributed by atoms with E-state index in [9.17, 15) is 31.1 Å². The molecule has 96 valence electrons. The maximum absolute atomic E-state index is 12.4. The minimum atomic E-state index is -5.01. The molecule has 0 atom stereocenters. The summed E-state index contributed by atoms with van der Waals surface area (Å²) in [6.07, 6.45) is -10.4. The number of hydrogen-bond donors (Lipinski definition) is 0. The van der Waals surface area contributed by atoms with Gasteiger partial charge in [0, 0.05) is 5.56 Å². The molecule has 0 bridgehead atoms. The summed E-state index contributed by atoms with van der Waals surface area (Å²) in [5.41, 5.74) is -5.77. The summed E-state index contributed by atoms with van der Waals surface area (Å²) >= 11 is 0. The average Bonchev–Trinajstić information content (AvgIpc) is 2.24. The van der Waals surface area contributed by atoms with Crippen molar-refractivity contribution in [2.45, 2.75) is 12.4 Å². The van der Waals surface area contributed by atoms with Gasteiger partial charge < -0.3 is 0 Å². The van der Waals surface area contributed by atoms with Crippen molar-refractivity contribution < 1.29 is 31.1 Å². The molecule has 0 spiro atoms. The molecule has 0 saturated carbocycles. The summed E-state index contributed by atoms with van der Waals surface area (Å²) in [6.45, 7) is 0. The van der Waals surface area contributed by atoms with Crippen LogP contribution in [0.3, 0.4) is 0 Å². The van der Waals surface area contributed by atoms with Crippen LogP contribution in [0.2, 0.25) is 0 Å². The Morgan fingerprint density at radius 1 is 1.00 bits per heavy atom. The van der Waals surface area contributed by atoms with Gasteiger partial charge in [-0.15, -0.1) is 0 Å². The van der Waals surface area contributed by atoms with Crippen molar-refractivity contribution in [3.63, 3.8) is 0 Å². The largest absolute Gasteiger partial charge is 0.417 e. The second-order valence-corrected chi connectivity index (χ2v) is 3.17. The number of nitriles is 1. The Hall–Kier alpha value is -2.04. The van der Waals surface area contributed by atoms with Crippen LogP contribution in [-0.4, -0.2) is 6.29 Å². The van der Waals surface area contributed by atoms with Crippen LogP contribution in [0.15, 0.2) is 12.1 Å². The van der Waals surface area contributed by atoms with Gasteiger partial charge in [-0.1, -0.05) is 0 Å². The third kappa shape index (κ3) is 2.45. The van der Waals surface area contributed by atoms with Crippen LogP contribution in [0.25, 0.3) is 0 Å². The Kier molecular flexibility index (Phi) is 3.37. The van der Waals surface area contributed by atoms with Crippen molar-refractivity contribution in [2.24, 2.45) is 0 Å². The maximum atomic E-state index is 12.4. The Labute approximate surface area is 96.4 Å². The fraction of sp³-hybridized carbons (Fsp3) is 0.200. The number of carbonyl (C=O) groups excluding carboxylic acids is 1. The lowest BCUT2D eigenvalue weighted by Gasteiger charge is -2.14. The highest BCUT2D eigenvalue weighted by atomic mass is 19.4. The molecule has 0 saturated heterocycles. The number of alkyl halides is 6. The smallest absolute Gasteiger partial charge is 0.298 e. The van der Waals surface area contributed by atoms with E-state index in [4.69, 9.17) is 5.26 Å². The molecule has 0 radical (unpaired) electrons. The van der Waals surface area contributed by atoms with Crippen LogP contribution in [0.4, 0.5) is 26.3 Å². The first-order valence-corrected chi connectivity index (χ1v) is 4.29. The van der Waals surface area contributed by atoms with Crippen LogP contribution in [0.1, 0.15) is 27.0 Å². The van der Waals surface area contributed by atoms with E-state index in [0.717, 1.165) is 6.07 Å². The van der Waals surface area contributed by atoms with Crippen molar-refractivity contribution in [3.05, 3.63) is 34.4 Å². The lowest BCUT2D eigenvalue weighted by atomic mass is 9.96. The molecule has 0 fully saturated rings. The quantitative estimate of drug-likeness (QED) is 0.578. The average molecular weight is 267 g/mol. The van der Waals surface area contributed by atoms with Gasteiger partial charge in [-0.05, 0) is 12.1 Å². The monoisotopic (exact) mass is 267 g/mol. The minimum Gasteiger partial charge on any atom is -0.298 e. The number of halogens is 6. The van der Waals surface area contributed by atoms with Crippen molar-refractivity contribution >= 4 is 6.29 Å². The molecule has 8 heteroatoms. The Morgan fingerprint density at radius 2 is 1.44 bits per heavy atom. The molecule has 0 aromatic heterocycles. The van der Waals surface area contributed by atoms with Crippen LogP contribution >= 0.6 is 0 Å². The number of rotatable bonds is 1. The molecule has 1 aromatic rings. The van der Waals surface area contributed by atoms with Gasteiger partial charge in [0.25, 0.3) is 0 Å². The first kappa shape index (κ1) is 14.0. The van der Waals surface area contributed by atoms with Gasteiger partial charge in [0.2, 0.25) is 0 Å². The molecule has 0 aliphatic rings. The van der Waals surface area contributed by atoms with E-state index in [1.807, 2.05) is 0 Å². The van der Waals surface area contributed by atoms with Crippen LogP contribution in [0.5, 0.6) is 0 Å². The third-order valence-corrected chi connectivity index (χ3v) is 2.09. The molecule has 0 N–H and O–H groups in total. The highest BCUT2D eigenvalue weighted by Gasteiger charge is 2.40. The highest BCUT2D eigenvalue weighted by Crippen LogP contribution is 2.38. The van der Waals surface area contributed by atoms with Crippen molar-refractivity contribution in [1.82, 2.24) is 0 Å². The van der Waals surface area contributed by atoms with E-state index in [1.54, 1.807) is 0 Å². The zero-order valence-electron chi connectivity index (χ0n) is 8.36. The summed E-state index contributed by atoms with van der Waals surface area (Å²) in [5, 5.41) is 8.51. The molecule has 0 aliphatic carbocycles.